The van der Waals surface area contributed by atoms with Crippen molar-refractivity contribution in [2.75, 3.05) is 0 Å². The second kappa shape index (κ2) is 6.22. The molecule has 6 heteroatoms. The summed E-state index contributed by atoms with van der Waals surface area (Å²) in [5, 5.41) is 13.9. The van der Waals surface area contributed by atoms with Crippen molar-refractivity contribution in [1.29, 1.82) is 0 Å². The Hall–Kier alpha value is -1.62. The van der Waals surface area contributed by atoms with E-state index in [2.05, 4.69) is 5.32 Å². The quantitative estimate of drug-likeness (QED) is 0.644. The van der Waals surface area contributed by atoms with Crippen molar-refractivity contribution in [3.8, 4) is 0 Å². The average Bonchev–Trinajstić information content (AvgIpc) is 3.21. The third-order valence-corrected chi connectivity index (χ3v) is 3.86. The van der Waals surface area contributed by atoms with Crippen LogP contribution in [0, 0.1) is 16.0 Å². The number of carbonyl (C=O) groups is 1. The molecule has 1 amide bonds. The summed E-state index contributed by atoms with van der Waals surface area (Å²) >= 11 is 5.81. The molecule has 0 spiro atoms. The molecule has 1 unspecified atom stereocenters. The predicted octanol–water partition coefficient (Wildman–Crippen LogP) is 3.56. The Bertz CT molecular complexity index is 529. The summed E-state index contributed by atoms with van der Waals surface area (Å²) in [6, 6.07) is 4.46. The molecule has 108 valence electrons. The summed E-state index contributed by atoms with van der Waals surface area (Å²) in [7, 11) is 0. The van der Waals surface area contributed by atoms with Crippen LogP contribution in [0.4, 0.5) is 5.69 Å². The van der Waals surface area contributed by atoms with Gasteiger partial charge in [0.25, 0.3) is 5.91 Å². The van der Waals surface area contributed by atoms with Crippen molar-refractivity contribution < 1.29 is 9.72 Å². The Morgan fingerprint density at radius 3 is 2.80 bits per heavy atom. The molecule has 0 bridgehead atoms. The summed E-state index contributed by atoms with van der Waals surface area (Å²) in [4.78, 5) is 22.6. The van der Waals surface area contributed by atoms with E-state index in [1.54, 1.807) is 6.07 Å². The van der Waals surface area contributed by atoms with E-state index >= 15 is 0 Å². The van der Waals surface area contributed by atoms with Crippen LogP contribution in [-0.4, -0.2) is 16.9 Å². The zero-order valence-electron chi connectivity index (χ0n) is 11.3. The lowest BCUT2D eigenvalue weighted by atomic mass is 10.1. The summed E-state index contributed by atoms with van der Waals surface area (Å²) in [6.07, 6.45) is 4.18. The second-order valence-corrected chi connectivity index (χ2v) is 5.56. The van der Waals surface area contributed by atoms with Gasteiger partial charge in [0.1, 0.15) is 10.6 Å². The van der Waals surface area contributed by atoms with Crippen LogP contribution in [0.2, 0.25) is 5.02 Å². The zero-order chi connectivity index (χ0) is 14.7. The Morgan fingerprint density at radius 2 is 2.25 bits per heavy atom. The number of nitro benzene ring substituents is 1. The second-order valence-electron chi connectivity index (χ2n) is 5.15. The number of hydrogen-bond acceptors (Lipinski definition) is 3. The van der Waals surface area contributed by atoms with Crippen LogP contribution >= 0.6 is 11.6 Å². The number of nitrogens with one attached hydrogen (secondary N) is 1. The number of para-hydroxylation sites is 1. The first-order chi connectivity index (χ1) is 9.52. The fraction of sp³-hybridized carbons (Fsp3) is 0.500. The topological polar surface area (TPSA) is 72.2 Å². The van der Waals surface area contributed by atoms with E-state index in [-0.39, 0.29) is 22.3 Å². The molecule has 0 aromatic heterocycles. The highest BCUT2D eigenvalue weighted by molar-refractivity contribution is 6.33. The van der Waals surface area contributed by atoms with E-state index in [9.17, 15) is 14.9 Å². The van der Waals surface area contributed by atoms with Gasteiger partial charge in [-0.15, -0.1) is 0 Å². The van der Waals surface area contributed by atoms with Crippen molar-refractivity contribution in [3.63, 3.8) is 0 Å². The standard InChI is InChI=1S/C14H17ClN2O3/c1-2-10(8-9-6-7-9)16-14(18)11-4-3-5-12(15)13(11)17(19)20/h3-5,9-10H,2,6-8H2,1H3,(H,16,18). The molecular formula is C14H17ClN2O3. The molecule has 0 saturated heterocycles. The third kappa shape index (κ3) is 3.48. The molecule has 1 aliphatic carbocycles. The van der Waals surface area contributed by atoms with Gasteiger partial charge in [0.05, 0.1) is 4.92 Å². The molecular weight excluding hydrogens is 280 g/mol. The number of halogens is 1. The lowest BCUT2D eigenvalue weighted by Gasteiger charge is -2.16. The van der Waals surface area contributed by atoms with Gasteiger partial charge in [-0.2, -0.15) is 0 Å². The first-order valence-corrected chi connectivity index (χ1v) is 7.14. The van der Waals surface area contributed by atoms with Crippen LogP contribution in [0.15, 0.2) is 18.2 Å². The fourth-order valence-electron chi connectivity index (χ4n) is 2.23. The average molecular weight is 297 g/mol. The number of nitrogens with zero attached hydrogens (tertiary/aromatic N) is 1. The van der Waals surface area contributed by atoms with Gasteiger partial charge in [-0.25, -0.2) is 0 Å². The molecule has 1 saturated carbocycles. The normalized spacial score (nSPS) is 15.7. The van der Waals surface area contributed by atoms with Crippen LogP contribution in [0.5, 0.6) is 0 Å². The van der Waals surface area contributed by atoms with Crippen LogP contribution in [0.25, 0.3) is 0 Å². The highest BCUT2D eigenvalue weighted by Gasteiger charge is 2.28. The van der Waals surface area contributed by atoms with Crippen molar-refractivity contribution in [2.24, 2.45) is 5.92 Å². The minimum absolute atomic E-state index is 0.0158. The van der Waals surface area contributed by atoms with E-state index in [4.69, 9.17) is 11.6 Å². The summed E-state index contributed by atoms with van der Waals surface area (Å²) < 4.78 is 0. The van der Waals surface area contributed by atoms with Crippen LogP contribution < -0.4 is 5.32 Å². The lowest BCUT2D eigenvalue weighted by molar-refractivity contribution is -0.385. The monoisotopic (exact) mass is 296 g/mol. The van der Waals surface area contributed by atoms with Crippen molar-refractivity contribution in [3.05, 3.63) is 38.9 Å². The van der Waals surface area contributed by atoms with E-state index in [0.29, 0.717) is 5.92 Å². The number of carbonyl (C=O) groups excluding carboxylic acids is 1. The Kier molecular flexibility index (Phi) is 4.60. The maximum Gasteiger partial charge on any atom is 0.300 e. The molecule has 5 nitrogen and oxygen atoms in total. The SMILES string of the molecule is CCC(CC1CC1)NC(=O)c1cccc(Cl)c1[N+](=O)[O-]. The van der Waals surface area contributed by atoms with Gasteiger partial charge >= 0.3 is 5.69 Å². The Morgan fingerprint density at radius 1 is 1.55 bits per heavy atom. The fourth-order valence-corrected chi connectivity index (χ4v) is 2.47. The van der Waals surface area contributed by atoms with Crippen LogP contribution in [-0.2, 0) is 0 Å². The minimum atomic E-state index is -0.612. The number of hydrogen-bond donors (Lipinski definition) is 1. The molecule has 1 atom stereocenters. The van der Waals surface area contributed by atoms with Crippen LogP contribution in [0.1, 0.15) is 43.0 Å². The number of nitro groups is 1. The largest absolute Gasteiger partial charge is 0.349 e. The molecule has 0 radical (unpaired) electrons. The molecule has 0 heterocycles. The van der Waals surface area contributed by atoms with Gasteiger partial charge in [0.2, 0.25) is 0 Å². The Labute approximate surface area is 122 Å². The summed E-state index contributed by atoms with van der Waals surface area (Å²) in [6.45, 7) is 2.00. The highest BCUT2D eigenvalue weighted by atomic mass is 35.5. The highest BCUT2D eigenvalue weighted by Crippen LogP contribution is 2.34. The van der Waals surface area contributed by atoms with Crippen molar-refractivity contribution in [1.82, 2.24) is 5.32 Å². The molecule has 2 rings (SSSR count). The van der Waals surface area contributed by atoms with Crippen molar-refractivity contribution in [2.45, 2.75) is 38.6 Å². The molecule has 20 heavy (non-hydrogen) atoms. The lowest BCUT2D eigenvalue weighted by Crippen LogP contribution is -2.35. The van der Waals surface area contributed by atoms with E-state index in [1.807, 2.05) is 6.92 Å². The van der Waals surface area contributed by atoms with Gasteiger partial charge in [0, 0.05) is 6.04 Å². The van der Waals surface area contributed by atoms with Gasteiger partial charge < -0.3 is 5.32 Å². The predicted molar refractivity (Wildman–Crippen MR) is 77.0 cm³/mol. The van der Waals surface area contributed by atoms with Gasteiger partial charge in [-0.05, 0) is 30.9 Å². The summed E-state index contributed by atoms with van der Waals surface area (Å²) in [5.74, 6) is 0.265. The van der Waals surface area contributed by atoms with E-state index in [1.165, 1.54) is 25.0 Å². The number of benzene rings is 1. The zero-order valence-corrected chi connectivity index (χ0v) is 12.0. The van der Waals surface area contributed by atoms with E-state index < -0.39 is 10.8 Å². The molecule has 1 aromatic rings. The van der Waals surface area contributed by atoms with Crippen LogP contribution in [0.3, 0.4) is 0 Å². The molecule has 1 N–H and O–H groups in total. The number of rotatable bonds is 6. The van der Waals surface area contributed by atoms with Gasteiger partial charge in [-0.3, -0.25) is 14.9 Å². The Balaban J connectivity index is 2.15. The number of amides is 1. The third-order valence-electron chi connectivity index (χ3n) is 3.56. The maximum absolute atomic E-state index is 12.2. The van der Waals surface area contributed by atoms with Gasteiger partial charge in [0.15, 0.2) is 0 Å². The van der Waals surface area contributed by atoms with Gasteiger partial charge in [-0.1, -0.05) is 37.4 Å². The first kappa shape index (κ1) is 14.8. The molecule has 1 aliphatic rings. The smallest absolute Gasteiger partial charge is 0.300 e. The van der Waals surface area contributed by atoms with E-state index in [0.717, 1.165) is 12.8 Å². The molecule has 1 aromatic carbocycles. The maximum atomic E-state index is 12.2. The summed E-state index contributed by atoms with van der Waals surface area (Å²) in [5.41, 5.74) is -0.301. The minimum Gasteiger partial charge on any atom is -0.349 e. The van der Waals surface area contributed by atoms with Crippen molar-refractivity contribution >= 4 is 23.2 Å². The molecule has 0 aliphatic heterocycles. The first-order valence-electron chi connectivity index (χ1n) is 6.76. The molecule has 1 fully saturated rings.